The van der Waals surface area contributed by atoms with Crippen LogP contribution in [0.15, 0.2) is 24.3 Å². The molecule has 3 nitrogen and oxygen atoms in total. The molecule has 106 valence electrons. The summed E-state index contributed by atoms with van der Waals surface area (Å²) >= 11 is 0. The fourth-order valence-corrected chi connectivity index (χ4v) is 1.88. The Bertz CT molecular complexity index is 388. The van der Waals surface area contributed by atoms with E-state index in [0.29, 0.717) is 12.3 Å². The van der Waals surface area contributed by atoms with Crippen molar-refractivity contribution < 1.29 is 4.79 Å². The Balaban J connectivity index is 2.27. The Morgan fingerprint density at radius 1 is 1.21 bits per heavy atom. The highest BCUT2D eigenvalue weighted by Gasteiger charge is 2.05. The fourth-order valence-electron chi connectivity index (χ4n) is 1.88. The predicted molar refractivity (Wildman–Crippen MR) is 81.4 cm³/mol. The van der Waals surface area contributed by atoms with Gasteiger partial charge < -0.3 is 10.6 Å². The summed E-state index contributed by atoms with van der Waals surface area (Å²) in [4.78, 5) is 11.8. The molecule has 0 spiro atoms. The summed E-state index contributed by atoms with van der Waals surface area (Å²) in [5.41, 5.74) is 2.13. The van der Waals surface area contributed by atoms with E-state index in [4.69, 9.17) is 0 Å². The van der Waals surface area contributed by atoms with Gasteiger partial charge in [0.15, 0.2) is 0 Å². The number of anilines is 1. The van der Waals surface area contributed by atoms with Gasteiger partial charge in [-0.3, -0.25) is 4.79 Å². The molecule has 0 saturated heterocycles. The van der Waals surface area contributed by atoms with Crippen LogP contribution >= 0.6 is 0 Å². The number of amides is 1. The minimum atomic E-state index is 0.0814. The van der Waals surface area contributed by atoms with Crippen molar-refractivity contribution >= 4 is 11.6 Å². The lowest BCUT2D eigenvalue weighted by atomic mass is 10.1. The summed E-state index contributed by atoms with van der Waals surface area (Å²) in [6.07, 6.45) is 2.61. The second-order valence-corrected chi connectivity index (χ2v) is 5.24. The smallest absolute Gasteiger partial charge is 0.225 e. The van der Waals surface area contributed by atoms with Gasteiger partial charge in [-0.05, 0) is 36.9 Å². The van der Waals surface area contributed by atoms with Gasteiger partial charge in [0.25, 0.3) is 0 Å². The SMILES string of the molecule is CCc1ccccc1NC(=O)CCNCCC(C)C. The van der Waals surface area contributed by atoms with Crippen LogP contribution in [0.3, 0.4) is 0 Å². The molecule has 0 aliphatic carbocycles. The first-order valence-corrected chi connectivity index (χ1v) is 7.22. The topological polar surface area (TPSA) is 41.1 Å². The predicted octanol–water partition coefficient (Wildman–Crippen LogP) is 3.21. The molecule has 0 atom stereocenters. The largest absolute Gasteiger partial charge is 0.326 e. The maximum absolute atomic E-state index is 11.8. The highest BCUT2D eigenvalue weighted by Crippen LogP contribution is 2.15. The average Bonchev–Trinajstić information content (AvgIpc) is 2.38. The van der Waals surface area contributed by atoms with E-state index in [1.165, 1.54) is 5.56 Å². The lowest BCUT2D eigenvalue weighted by molar-refractivity contribution is -0.116. The molecule has 3 heteroatoms. The molecule has 0 unspecified atom stereocenters. The van der Waals surface area contributed by atoms with Crippen molar-refractivity contribution in [3.05, 3.63) is 29.8 Å². The highest BCUT2D eigenvalue weighted by molar-refractivity contribution is 5.91. The maximum atomic E-state index is 11.8. The van der Waals surface area contributed by atoms with Crippen molar-refractivity contribution in [2.45, 2.75) is 40.0 Å². The maximum Gasteiger partial charge on any atom is 0.225 e. The fraction of sp³-hybridized carbons (Fsp3) is 0.562. The second kappa shape index (κ2) is 8.70. The van der Waals surface area contributed by atoms with E-state index in [-0.39, 0.29) is 5.91 Å². The van der Waals surface area contributed by atoms with Gasteiger partial charge in [0.05, 0.1) is 0 Å². The number of nitrogens with one attached hydrogen (secondary N) is 2. The zero-order chi connectivity index (χ0) is 14.1. The Kier molecular flexibility index (Phi) is 7.19. The molecule has 1 rings (SSSR count). The van der Waals surface area contributed by atoms with Crippen molar-refractivity contribution in [3.63, 3.8) is 0 Å². The Hall–Kier alpha value is -1.35. The lowest BCUT2D eigenvalue weighted by Gasteiger charge is -2.10. The molecule has 2 N–H and O–H groups in total. The molecular weight excluding hydrogens is 236 g/mol. The van der Waals surface area contributed by atoms with Crippen LogP contribution in [0.4, 0.5) is 5.69 Å². The molecule has 0 aromatic heterocycles. The van der Waals surface area contributed by atoms with Crippen molar-refractivity contribution in [1.29, 1.82) is 0 Å². The Morgan fingerprint density at radius 2 is 1.95 bits per heavy atom. The number of aryl methyl sites for hydroxylation is 1. The molecule has 1 aromatic rings. The summed E-state index contributed by atoms with van der Waals surface area (Å²) in [5, 5.41) is 6.28. The zero-order valence-corrected chi connectivity index (χ0v) is 12.3. The van der Waals surface area contributed by atoms with Gasteiger partial charge in [-0.15, -0.1) is 0 Å². The van der Waals surface area contributed by atoms with Crippen LogP contribution in [0.2, 0.25) is 0 Å². The van der Waals surface area contributed by atoms with Crippen LogP contribution in [0.25, 0.3) is 0 Å². The molecule has 0 radical (unpaired) electrons. The molecule has 0 saturated carbocycles. The van der Waals surface area contributed by atoms with Crippen molar-refractivity contribution in [2.75, 3.05) is 18.4 Å². The van der Waals surface area contributed by atoms with Crippen LogP contribution in [0.1, 0.15) is 39.2 Å². The van der Waals surface area contributed by atoms with E-state index < -0.39 is 0 Å². The van der Waals surface area contributed by atoms with E-state index >= 15 is 0 Å². The molecule has 0 aliphatic heterocycles. The summed E-state index contributed by atoms with van der Waals surface area (Å²) in [6.45, 7) is 8.23. The van der Waals surface area contributed by atoms with E-state index in [1.54, 1.807) is 0 Å². The number of carbonyl (C=O) groups excluding carboxylic acids is 1. The third-order valence-corrected chi connectivity index (χ3v) is 3.10. The summed E-state index contributed by atoms with van der Waals surface area (Å²) in [5.74, 6) is 0.788. The third-order valence-electron chi connectivity index (χ3n) is 3.10. The van der Waals surface area contributed by atoms with Crippen molar-refractivity contribution in [1.82, 2.24) is 5.32 Å². The number of carbonyl (C=O) groups is 1. The summed E-state index contributed by atoms with van der Waals surface area (Å²) in [6, 6.07) is 7.97. The minimum absolute atomic E-state index is 0.0814. The number of benzene rings is 1. The number of para-hydroxylation sites is 1. The molecule has 0 heterocycles. The summed E-state index contributed by atoms with van der Waals surface area (Å²) in [7, 11) is 0. The van der Waals surface area contributed by atoms with E-state index in [9.17, 15) is 4.79 Å². The first-order valence-electron chi connectivity index (χ1n) is 7.22. The quantitative estimate of drug-likeness (QED) is 0.706. The van der Waals surface area contributed by atoms with Gasteiger partial charge in [0.2, 0.25) is 5.91 Å². The van der Waals surface area contributed by atoms with Gasteiger partial charge in [0, 0.05) is 18.7 Å². The van der Waals surface area contributed by atoms with Gasteiger partial charge >= 0.3 is 0 Å². The average molecular weight is 262 g/mol. The second-order valence-electron chi connectivity index (χ2n) is 5.24. The van der Waals surface area contributed by atoms with Gasteiger partial charge in [-0.2, -0.15) is 0 Å². The van der Waals surface area contributed by atoms with E-state index in [1.807, 2.05) is 18.2 Å². The van der Waals surface area contributed by atoms with E-state index in [0.717, 1.165) is 31.6 Å². The van der Waals surface area contributed by atoms with Gasteiger partial charge in [-0.1, -0.05) is 39.0 Å². The number of hydrogen-bond donors (Lipinski definition) is 2. The summed E-state index contributed by atoms with van der Waals surface area (Å²) < 4.78 is 0. The van der Waals surface area contributed by atoms with Gasteiger partial charge in [-0.25, -0.2) is 0 Å². The molecular formula is C16H26N2O. The van der Waals surface area contributed by atoms with Crippen LogP contribution < -0.4 is 10.6 Å². The van der Waals surface area contributed by atoms with Crippen molar-refractivity contribution in [2.24, 2.45) is 5.92 Å². The molecule has 1 amide bonds. The van der Waals surface area contributed by atoms with Gasteiger partial charge in [0.1, 0.15) is 0 Å². The van der Waals surface area contributed by atoms with Crippen LogP contribution in [-0.4, -0.2) is 19.0 Å². The molecule has 0 aliphatic rings. The van der Waals surface area contributed by atoms with Crippen LogP contribution in [0.5, 0.6) is 0 Å². The van der Waals surface area contributed by atoms with Crippen molar-refractivity contribution in [3.8, 4) is 0 Å². The normalized spacial score (nSPS) is 10.7. The van der Waals surface area contributed by atoms with Crippen LogP contribution in [0, 0.1) is 5.92 Å². The number of hydrogen-bond acceptors (Lipinski definition) is 2. The molecule has 19 heavy (non-hydrogen) atoms. The first-order chi connectivity index (χ1) is 9.13. The third kappa shape index (κ3) is 6.39. The Labute approximate surface area is 116 Å². The monoisotopic (exact) mass is 262 g/mol. The zero-order valence-electron chi connectivity index (χ0n) is 12.3. The standard InChI is InChI=1S/C16H26N2O/c1-4-14-7-5-6-8-15(14)18-16(19)10-12-17-11-9-13(2)3/h5-8,13,17H,4,9-12H2,1-3H3,(H,18,19). The lowest BCUT2D eigenvalue weighted by Crippen LogP contribution is -2.23. The highest BCUT2D eigenvalue weighted by atomic mass is 16.1. The molecule has 0 bridgehead atoms. The molecule has 0 fully saturated rings. The number of rotatable bonds is 8. The minimum Gasteiger partial charge on any atom is -0.326 e. The first kappa shape index (κ1) is 15.7. The Morgan fingerprint density at radius 3 is 2.63 bits per heavy atom. The molecule has 1 aromatic carbocycles. The van der Waals surface area contributed by atoms with E-state index in [2.05, 4.69) is 37.5 Å². The van der Waals surface area contributed by atoms with Crippen LogP contribution in [-0.2, 0) is 11.2 Å².